The molecule has 43 heavy (non-hydrogen) atoms. The molecule has 230 valence electrons. The maximum Gasteiger partial charge on any atom is 0.321 e. The molecule has 0 radical (unpaired) electrons. The number of carbonyl (C=O) groups is 2. The van der Waals surface area contributed by atoms with Crippen molar-refractivity contribution in [3.63, 3.8) is 0 Å². The summed E-state index contributed by atoms with van der Waals surface area (Å²) in [6, 6.07) is 8.61. The van der Waals surface area contributed by atoms with Crippen LogP contribution in [0.25, 0.3) is 0 Å². The standard InChI is InChI=1S/C28H34N6O8S/c1-17-11-34(18(2)14-35)27(36)21-9-20(31-43(38,39)26-13-32(3)15-29-26)6-7-22(21)42-25(17)12-33(4)28(37)30-19-5-8-23-24(10-19)41-16-40-23/h5-10,13,15,17-18,25,31,35H,11-12,14,16H2,1-4H3,(H,30,37)/t17-,18+,25+/m1/s1. The van der Waals surface area contributed by atoms with Crippen LogP contribution in [0.15, 0.2) is 53.9 Å². The Morgan fingerprint density at radius 3 is 2.60 bits per heavy atom. The van der Waals surface area contributed by atoms with Gasteiger partial charge in [0, 0.05) is 50.2 Å². The number of sulfonamides is 1. The Labute approximate surface area is 249 Å². The summed E-state index contributed by atoms with van der Waals surface area (Å²) in [5.74, 6) is 0.704. The van der Waals surface area contributed by atoms with E-state index in [0.717, 1.165) is 0 Å². The zero-order chi connectivity index (χ0) is 30.9. The Morgan fingerprint density at radius 1 is 1.16 bits per heavy atom. The highest BCUT2D eigenvalue weighted by atomic mass is 32.2. The minimum Gasteiger partial charge on any atom is -0.487 e. The van der Waals surface area contributed by atoms with Gasteiger partial charge in [0.05, 0.1) is 31.1 Å². The number of amides is 3. The Hall–Kier alpha value is -4.50. The number of carbonyl (C=O) groups excluding carboxylic acids is 2. The summed E-state index contributed by atoms with van der Waals surface area (Å²) in [4.78, 5) is 33.7. The fourth-order valence-electron chi connectivity index (χ4n) is 4.79. The van der Waals surface area contributed by atoms with E-state index in [1.165, 1.54) is 45.1 Å². The van der Waals surface area contributed by atoms with Crippen LogP contribution in [0.1, 0.15) is 24.2 Å². The van der Waals surface area contributed by atoms with Gasteiger partial charge in [0.1, 0.15) is 11.9 Å². The molecule has 0 unspecified atom stereocenters. The number of urea groups is 1. The summed E-state index contributed by atoms with van der Waals surface area (Å²) >= 11 is 0. The zero-order valence-electron chi connectivity index (χ0n) is 24.2. The largest absolute Gasteiger partial charge is 0.487 e. The molecule has 0 fully saturated rings. The van der Waals surface area contributed by atoms with Crippen molar-refractivity contribution in [2.24, 2.45) is 13.0 Å². The molecular weight excluding hydrogens is 580 g/mol. The average Bonchev–Trinajstić information content (AvgIpc) is 3.63. The van der Waals surface area contributed by atoms with Gasteiger partial charge in [-0.1, -0.05) is 6.92 Å². The van der Waals surface area contributed by atoms with Gasteiger partial charge in [-0.3, -0.25) is 9.52 Å². The number of hydrogen-bond donors (Lipinski definition) is 3. The summed E-state index contributed by atoms with van der Waals surface area (Å²) in [5.41, 5.74) is 0.793. The van der Waals surface area contributed by atoms with Gasteiger partial charge in [-0.05, 0) is 37.3 Å². The molecule has 5 rings (SSSR count). The van der Waals surface area contributed by atoms with E-state index < -0.39 is 28.1 Å². The molecule has 3 N–H and O–H groups in total. The van der Waals surface area contributed by atoms with Crippen molar-refractivity contribution >= 4 is 33.3 Å². The van der Waals surface area contributed by atoms with Crippen molar-refractivity contribution in [2.45, 2.75) is 31.0 Å². The first-order chi connectivity index (χ1) is 20.4. The quantitative estimate of drug-likeness (QED) is 0.345. The molecular formula is C28H34N6O8S. The number of nitrogens with one attached hydrogen (secondary N) is 2. The molecule has 2 aliphatic rings. The van der Waals surface area contributed by atoms with E-state index in [-0.39, 0.29) is 60.5 Å². The van der Waals surface area contributed by atoms with Gasteiger partial charge in [-0.15, -0.1) is 0 Å². The molecule has 0 saturated carbocycles. The molecule has 15 heteroatoms. The molecule has 2 aromatic carbocycles. The SMILES string of the molecule is C[C@@H]1CN([C@@H](C)CO)C(=O)c2cc(NS(=O)(=O)c3cn(C)cn3)ccc2O[C@H]1CN(C)C(=O)Nc1ccc2c(c1)OCO2. The van der Waals surface area contributed by atoms with Crippen LogP contribution in [0.3, 0.4) is 0 Å². The van der Waals surface area contributed by atoms with Crippen LogP contribution in [0.2, 0.25) is 0 Å². The lowest BCUT2D eigenvalue weighted by Crippen LogP contribution is -2.50. The highest BCUT2D eigenvalue weighted by Crippen LogP contribution is 2.35. The van der Waals surface area contributed by atoms with E-state index in [2.05, 4.69) is 15.0 Å². The Balaban J connectivity index is 1.38. The van der Waals surface area contributed by atoms with Crippen molar-refractivity contribution in [1.82, 2.24) is 19.4 Å². The number of aliphatic hydroxyl groups is 1. The smallest absolute Gasteiger partial charge is 0.321 e. The maximum atomic E-state index is 13.7. The number of anilines is 2. The number of benzene rings is 2. The summed E-state index contributed by atoms with van der Waals surface area (Å²) in [6.45, 7) is 3.87. The van der Waals surface area contributed by atoms with Gasteiger partial charge in [-0.25, -0.2) is 9.78 Å². The van der Waals surface area contributed by atoms with E-state index in [1.54, 1.807) is 39.2 Å². The van der Waals surface area contributed by atoms with E-state index >= 15 is 0 Å². The molecule has 3 aromatic rings. The third kappa shape index (κ3) is 6.46. The van der Waals surface area contributed by atoms with Crippen molar-refractivity contribution < 1.29 is 37.3 Å². The molecule has 1 aromatic heterocycles. The van der Waals surface area contributed by atoms with Gasteiger partial charge < -0.3 is 39.0 Å². The molecule has 14 nitrogen and oxygen atoms in total. The predicted octanol–water partition coefficient (Wildman–Crippen LogP) is 2.33. The number of aliphatic hydroxyl groups excluding tert-OH is 1. The third-order valence-corrected chi connectivity index (χ3v) is 8.56. The van der Waals surface area contributed by atoms with Gasteiger partial charge in [0.2, 0.25) is 6.79 Å². The number of aryl methyl sites for hydroxylation is 1. The number of fused-ring (bicyclic) bond motifs is 2. The number of ether oxygens (including phenoxy) is 3. The second kappa shape index (κ2) is 12.0. The first kappa shape index (κ1) is 30.0. The monoisotopic (exact) mass is 614 g/mol. The fourth-order valence-corrected chi connectivity index (χ4v) is 5.82. The molecule has 0 aliphatic carbocycles. The van der Waals surface area contributed by atoms with Crippen molar-refractivity contribution in [3.05, 3.63) is 54.5 Å². The number of imidazole rings is 1. The van der Waals surface area contributed by atoms with Gasteiger partial charge in [-0.2, -0.15) is 8.42 Å². The number of nitrogens with zero attached hydrogens (tertiary/aromatic N) is 4. The van der Waals surface area contributed by atoms with Crippen molar-refractivity contribution in [1.29, 1.82) is 0 Å². The van der Waals surface area contributed by atoms with E-state index in [0.29, 0.717) is 17.2 Å². The average molecular weight is 615 g/mol. The summed E-state index contributed by atoms with van der Waals surface area (Å²) < 4.78 is 46.7. The highest BCUT2D eigenvalue weighted by molar-refractivity contribution is 7.92. The van der Waals surface area contributed by atoms with Crippen LogP contribution in [-0.4, -0.2) is 90.5 Å². The number of likely N-dealkylation sites (N-methyl/N-ethyl adjacent to an activating group) is 1. The van der Waals surface area contributed by atoms with Crippen molar-refractivity contribution in [2.75, 3.05) is 43.6 Å². The molecule has 3 heterocycles. The zero-order valence-corrected chi connectivity index (χ0v) is 25.0. The van der Waals surface area contributed by atoms with Crippen LogP contribution in [0.4, 0.5) is 16.2 Å². The lowest BCUT2D eigenvalue weighted by atomic mass is 9.99. The van der Waals surface area contributed by atoms with Crippen LogP contribution in [0, 0.1) is 5.92 Å². The highest BCUT2D eigenvalue weighted by Gasteiger charge is 2.34. The van der Waals surface area contributed by atoms with Gasteiger partial charge in [0.25, 0.3) is 15.9 Å². The van der Waals surface area contributed by atoms with Crippen LogP contribution >= 0.6 is 0 Å². The van der Waals surface area contributed by atoms with E-state index in [9.17, 15) is 23.1 Å². The second-order valence-electron chi connectivity index (χ2n) is 10.7. The maximum absolute atomic E-state index is 13.7. The van der Waals surface area contributed by atoms with Crippen LogP contribution in [-0.2, 0) is 17.1 Å². The van der Waals surface area contributed by atoms with Crippen LogP contribution < -0.4 is 24.2 Å². The third-order valence-electron chi connectivity index (χ3n) is 7.30. The Kier molecular flexibility index (Phi) is 8.37. The molecule has 3 atom stereocenters. The second-order valence-corrected chi connectivity index (χ2v) is 12.3. The van der Waals surface area contributed by atoms with Crippen molar-refractivity contribution in [3.8, 4) is 17.2 Å². The first-order valence-electron chi connectivity index (χ1n) is 13.6. The van der Waals surface area contributed by atoms with Gasteiger partial charge in [0.15, 0.2) is 16.5 Å². The summed E-state index contributed by atoms with van der Waals surface area (Å²) in [6.07, 6.45) is 2.18. The molecule has 2 aliphatic heterocycles. The van der Waals surface area contributed by atoms with E-state index in [1.807, 2.05) is 6.92 Å². The minimum absolute atomic E-state index is 0.117. The summed E-state index contributed by atoms with van der Waals surface area (Å²) in [5, 5.41) is 12.6. The topological polar surface area (TPSA) is 165 Å². The minimum atomic E-state index is -4.02. The lowest BCUT2D eigenvalue weighted by Gasteiger charge is -2.38. The normalized spacial score (nSPS) is 18.6. The molecule has 3 amide bonds. The number of aromatic nitrogens is 2. The number of rotatable bonds is 8. The first-order valence-corrected chi connectivity index (χ1v) is 15.1. The molecule has 0 saturated heterocycles. The summed E-state index contributed by atoms with van der Waals surface area (Å²) in [7, 11) is -0.731. The molecule has 0 spiro atoms. The van der Waals surface area contributed by atoms with E-state index in [4.69, 9.17) is 14.2 Å². The lowest BCUT2D eigenvalue weighted by molar-refractivity contribution is 0.0371. The van der Waals surface area contributed by atoms with Crippen LogP contribution in [0.5, 0.6) is 17.2 Å². The number of hydrogen-bond acceptors (Lipinski definition) is 9. The fraction of sp³-hybridized carbons (Fsp3) is 0.393. The Morgan fingerprint density at radius 2 is 1.88 bits per heavy atom. The van der Waals surface area contributed by atoms with Gasteiger partial charge >= 0.3 is 6.03 Å². The molecule has 0 bridgehead atoms. The Bertz CT molecular complexity index is 1630. The predicted molar refractivity (Wildman–Crippen MR) is 156 cm³/mol.